The maximum atomic E-state index is 11.2. The smallest absolute Gasteiger partial charge is 0.445 e. The first kappa shape index (κ1) is 20.2. The van der Waals surface area contributed by atoms with Gasteiger partial charge in [0.25, 0.3) is 0 Å². The third-order valence-corrected chi connectivity index (χ3v) is 4.46. The second-order valence-electron chi connectivity index (χ2n) is 3.17. The van der Waals surface area contributed by atoms with Crippen molar-refractivity contribution in [2.75, 3.05) is 17.3 Å². The maximum absolute atomic E-state index is 11.2. The number of halogens is 8. The van der Waals surface area contributed by atoms with Gasteiger partial charge in [-0.3, -0.25) is 0 Å². The predicted molar refractivity (Wildman–Crippen MR) is 59.1 cm³/mol. The summed E-state index contributed by atoms with van der Waals surface area (Å²) in [6.45, 7) is -0.387. The summed E-state index contributed by atoms with van der Waals surface area (Å²) in [6, 6.07) is 0. The molecule has 0 heterocycles. The van der Waals surface area contributed by atoms with E-state index in [1.807, 2.05) is 0 Å². The Morgan fingerprint density at radius 3 is 1.06 bits per heavy atom. The van der Waals surface area contributed by atoms with Crippen molar-refractivity contribution in [3.8, 4) is 0 Å². The molecule has 0 aromatic carbocycles. The molecule has 0 saturated heterocycles. The molecule has 0 aliphatic heterocycles. The first-order valence-electron chi connectivity index (χ1n) is 5.13. The van der Waals surface area contributed by atoms with Crippen molar-refractivity contribution in [2.45, 2.75) is 32.8 Å². The Kier molecular flexibility index (Phi) is 8.35. The van der Waals surface area contributed by atoms with E-state index in [1.165, 1.54) is 17.3 Å². The largest absolute Gasteiger partial charge is 0.558 e. The lowest BCUT2D eigenvalue weighted by molar-refractivity contribution is -0.256. The van der Waals surface area contributed by atoms with E-state index in [4.69, 9.17) is 0 Å². The Labute approximate surface area is 104 Å². The van der Waals surface area contributed by atoms with E-state index in [0.717, 1.165) is 10.9 Å². The minimum absolute atomic E-state index is 0.755. The van der Waals surface area contributed by atoms with Crippen LogP contribution < -0.4 is 0 Å². The molecule has 0 unspecified atom stereocenters. The molecule has 0 spiro atoms. The fourth-order valence-electron chi connectivity index (χ4n) is 0.798. The van der Waals surface area contributed by atoms with E-state index in [-0.39, 0.29) is 0 Å². The molecular formula is C8H15BF8S. The molecule has 10 heteroatoms. The Balaban J connectivity index is 0. The van der Waals surface area contributed by atoms with Gasteiger partial charge in [-0.2, -0.15) is 13.2 Å². The summed E-state index contributed by atoms with van der Waals surface area (Å²) in [5.74, 6) is -2.42. The molecule has 0 aliphatic rings. The highest BCUT2D eigenvalue weighted by atomic mass is 32.2. The molecule has 18 heavy (non-hydrogen) atoms. The zero-order chi connectivity index (χ0) is 15.2. The van der Waals surface area contributed by atoms with Gasteiger partial charge in [0, 0.05) is 0 Å². The van der Waals surface area contributed by atoms with Gasteiger partial charge in [0.2, 0.25) is 0 Å². The number of hydrogen-bond donors (Lipinski definition) is 0. The predicted octanol–water partition coefficient (Wildman–Crippen LogP) is 4.24. The van der Waals surface area contributed by atoms with E-state index in [2.05, 4.69) is 20.8 Å². The molecule has 0 atom stereocenters. The molecule has 0 aliphatic carbocycles. The summed E-state index contributed by atoms with van der Waals surface area (Å²) in [6.07, 6.45) is -6.55. The van der Waals surface area contributed by atoms with Gasteiger partial charge in [0.05, 0.1) is 0 Å². The van der Waals surface area contributed by atoms with Gasteiger partial charge < -0.3 is 12.9 Å². The second kappa shape index (κ2) is 7.45. The average molecular weight is 306 g/mol. The van der Waals surface area contributed by atoms with E-state index in [1.54, 1.807) is 0 Å². The highest BCUT2D eigenvalue weighted by Gasteiger charge is 2.69. The van der Waals surface area contributed by atoms with Gasteiger partial charge >= 0.3 is 19.0 Å². The van der Waals surface area contributed by atoms with Crippen molar-refractivity contribution in [3.05, 3.63) is 0 Å². The van der Waals surface area contributed by atoms with Crippen molar-refractivity contribution >= 4 is 17.9 Å². The van der Waals surface area contributed by atoms with Crippen LogP contribution in [0.25, 0.3) is 0 Å². The van der Waals surface area contributed by atoms with Gasteiger partial charge in [-0.1, -0.05) is 0 Å². The molecule has 0 bridgehead atoms. The van der Waals surface area contributed by atoms with Gasteiger partial charge in [0.15, 0.2) is 0 Å². The first-order valence-corrected chi connectivity index (χ1v) is 6.86. The van der Waals surface area contributed by atoms with Crippen molar-refractivity contribution in [1.82, 2.24) is 0 Å². The van der Waals surface area contributed by atoms with E-state index >= 15 is 0 Å². The number of hydrogen-bond acceptors (Lipinski definition) is 0. The molecule has 0 aromatic rings. The van der Waals surface area contributed by atoms with Gasteiger partial charge in [-0.15, -0.1) is 0 Å². The minimum atomic E-state index is -7.21. The summed E-state index contributed by atoms with van der Waals surface area (Å²) in [5.41, 5.74) is 0. The van der Waals surface area contributed by atoms with Crippen LogP contribution in [0.3, 0.4) is 0 Å². The first-order chi connectivity index (χ1) is 7.85. The Hall–Kier alpha value is -0.145. The zero-order valence-electron chi connectivity index (χ0n) is 10.1. The second-order valence-corrected chi connectivity index (χ2v) is 6.13. The molecule has 0 N–H and O–H groups in total. The molecule has 112 valence electrons. The number of alkyl halides is 5. The molecular weight excluding hydrogens is 291 g/mol. The van der Waals surface area contributed by atoms with Crippen molar-refractivity contribution in [2.24, 2.45) is 0 Å². The quantitative estimate of drug-likeness (QED) is 0.414. The standard InChI is InChI=1S/C6H15S.C2BF8/c1-4-7(5-2)6-3;4-1(5,2(6,7)8)3(9,10)11/h4-6H2,1-3H3;/q+1;-1. The van der Waals surface area contributed by atoms with Crippen LogP contribution in [-0.4, -0.2) is 36.2 Å². The molecule has 0 amide bonds. The van der Waals surface area contributed by atoms with Crippen molar-refractivity contribution in [3.63, 3.8) is 0 Å². The van der Waals surface area contributed by atoms with E-state index in [9.17, 15) is 34.9 Å². The fraction of sp³-hybridized carbons (Fsp3) is 1.00. The van der Waals surface area contributed by atoms with Crippen molar-refractivity contribution < 1.29 is 34.9 Å². The Morgan fingerprint density at radius 2 is 1.06 bits per heavy atom. The van der Waals surface area contributed by atoms with Crippen LogP contribution in [0.4, 0.5) is 34.9 Å². The summed E-state index contributed by atoms with van der Waals surface area (Å²) < 4.78 is 87.8. The van der Waals surface area contributed by atoms with Gasteiger partial charge in [-0.05, 0) is 31.7 Å². The molecule has 0 nitrogen and oxygen atoms in total. The summed E-state index contributed by atoms with van der Waals surface area (Å²) in [5, 5.41) is 0. The van der Waals surface area contributed by atoms with Crippen LogP contribution in [0.15, 0.2) is 0 Å². The molecule has 0 saturated carbocycles. The zero-order valence-corrected chi connectivity index (χ0v) is 10.9. The van der Waals surface area contributed by atoms with Crippen LogP contribution >= 0.6 is 0 Å². The molecule has 0 fully saturated rings. The minimum Gasteiger partial charge on any atom is -0.445 e. The highest BCUT2D eigenvalue weighted by molar-refractivity contribution is 7.96. The van der Waals surface area contributed by atoms with Crippen LogP contribution in [0, 0.1) is 0 Å². The van der Waals surface area contributed by atoms with E-state index < -0.39 is 19.0 Å². The Morgan fingerprint density at radius 1 is 0.778 bits per heavy atom. The van der Waals surface area contributed by atoms with Crippen molar-refractivity contribution in [1.29, 1.82) is 0 Å². The molecule has 0 rings (SSSR count). The highest BCUT2D eigenvalue weighted by Crippen LogP contribution is 2.43. The third-order valence-electron chi connectivity index (χ3n) is 2.01. The van der Waals surface area contributed by atoms with Gasteiger partial charge in [0.1, 0.15) is 17.3 Å². The average Bonchev–Trinajstić information content (AvgIpc) is 2.18. The van der Waals surface area contributed by atoms with Gasteiger partial charge in [-0.25, -0.2) is 8.78 Å². The van der Waals surface area contributed by atoms with Crippen LogP contribution in [0.1, 0.15) is 20.8 Å². The van der Waals surface area contributed by atoms with Crippen LogP contribution in [0.5, 0.6) is 0 Å². The SMILES string of the molecule is CC[S+](CC)CC.F[B-](F)(F)C(F)(F)C(F)(F)F. The molecule has 0 aromatic heterocycles. The summed E-state index contributed by atoms with van der Waals surface area (Å²) in [4.78, 5) is 0. The maximum Gasteiger partial charge on any atom is 0.558 e. The number of rotatable bonds is 4. The van der Waals surface area contributed by atoms with E-state index in [0.29, 0.717) is 0 Å². The third kappa shape index (κ3) is 6.15. The summed E-state index contributed by atoms with van der Waals surface area (Å²) >= 11 is 0. The Bertz CT molecular complexity index is 199. The normalized spacial score (nSPS) is 13.3. The monoisotopic (exact) mass is 306 g/mol. The lowest BCUT2D eigenvalue weighted by atomic mass is 9.80. The topological polar surface area (TPSA) is 0 Å². The lowest BCUT2D eigenvalue weighted by Gasteiger charge is -2.28. The van der Waals surface area contributed by atoms with Crippen LogP contribution in [0.2, 0.25) is 0 Å². The lowest BCUT2D eigenvalue weighted by Crippen LogP contribution is -2.53. The fourth-order valence-corrected chi connectivity index (χ4v) is 2.02. The molecule has 0 radical (unpaired) electrons. The van der Waals surface area contributed by atoms with Crippen LogP contribution in [-0.2, 0) is 10.9 Å². The summed E-state index contributed by atoms with van der Waals surface area (Å²) in [7, 11) is 0.755.